The summed E-state index contributed by atoms with van der Waals surface area (Å²) in [6, 6.07) is 3.78. The number of aromatic nitrogens is 2. The molecule has 2 heterocycles. The van der Waals surface area contributed by atoms with Crippen molar-refractivity contribution in [2.24, 2.45) is 0 Å². The molecule has 21 heavy (non-hydrogen) atoms. The molecule has 0 bridgehead atoms. The van der Waals surface area contributed by atoms with Gasteiger partial charge in [0.2, 0.25) is 0 Å². The van der Waals surface area contributed by atoms with Gasteiger partial charge in [-0.15, -0.1) is 10.2 Å². The van der Waals surface area contributed by atoms with Crippen molar-refractivity contribution in [3.05, 3.63) is 17.3 Å². The average molecular weight is 313 g/mol. The number of anilines is 1. The van der Waals surface area contributed by atoms with Crippen LogP contribution in [0.3, 0.4) is 0 Å². The van der Waals surface area contributed by atoms with Gasteiger partial charge in [0.15, 0.2) is 5.15 Å². The molecular formula is C14H21ClN4O2. The lowest BCUT2D eigenvalue weighted by molar-refractivity contribution is 0.0210. The summed E-state index contributed by atoms with van der Waals surface area (Å²) in [5.74, 6) is 0.704. The maximum atomic E-state index is 12.0. The predicted molar refractivity (Wildman–Crippen MR) is 81.5 cm³/mol. The van der Waals surface area contributed by atoms with Crippen molar-refractivity contribution in [3.63, 3.8) is 0 Å². The van der Waals surface area contributed by atoms with Crippen LogP contribution in [0.25, 0.3) is 0 Å². The van der Waals surface area contributed by atoms with Gasteiger partial charge in [0.25, 0.3) is 0 Å². The summed E-state index contributed by atoms with van der Waals surface area (Å²) in [6.07, 6.45) is 1.46. The van der Waals surface area contributed by atoms with Crippen LogP contribution in [-0.4, -0.2) is 45.9 Å². The molecule has 0 aliphatic carbocycles. The number of amides is 1. The third kappa shape index (κ3) is 5.04. The minimum absolute atomic E-state index is 0.243. The highest BCUT2D eigenvalue weighted by molar-refractivity contribution is 6.29. The molecule has 6 nitrogen and oxygen atoms in total. The molecule has 1 aliphatic rings. The first-order valence-corrected chi connectivity index (χ1v) is 7.45. The van der Waals surface area contributed by atoms with Gasteiger partial charge in [-0.2, -0.15) is 0 Å². The Bertz CT molecular complexity index is 479. The van der Waals surface area contributed by atoms with Crippen molar-refractivity contribution in [3.8, 4) is 0 Å². The molecule has 0 spiro atoms. The normalized spacial score (nSPS) is 16.7. The van der Waals surface area contributed by atoms with E-state index in [9.17, 15) is 4.79 Å². The highest BCUT2D eigenvalue weighted by Crippen LogP contribution is 2.18. The lowest BCUT2D eigenvalue weighted by Gasteiger charge is -2.33. The monoisotopic (exact) mass is 312 g/mol. The lowest BCUT2D eigenvalue weighted by atomic mass is 10.1. The van der Waals surface area contributed by atoms with E-state index in [0.717, 1.165) is 12.8 Å². The van der Waals surface area contributed by atoms with Gasteiger partial charge in [-0.25, -0.2) is 4.79 Å². The zero-order valence-corrected chi connectivity index (χ0v) is 13.4. The van der Waals surface area contributed by atoms with Gasteiger partial charge < -0.3 is 15.0 Å². The molecule has 7 heteroatoms. The van der Waals surface area contributed by atoms with Crippen molar-refractivity contribution in [2.45, 2.75) is 45.3 Å². The summed E-state index contributed by atoms with van der Waals surface area (Å²) in [6.45, 7) is 6.97. The number of piperidine rings is 1. The summed E-state index contributed by atoms with van der Waals surface area (Å²) < 4.78 is 5.37. The molecule has 0 atom stereocenters. The fourth-order valence-corrected chi connectivity index (χ4v) is 2.24. The Hall–Kier alpha value is -1.56. The number of hydrogen-bond acceptors (Lipinski definition) is 5. The third-order valence-corrected chi connectivity index (χ3v) is 3.33. The quantitative estimate of drug-likeness (QED) is 0.909. The Kier molecular flexibility index (Phi) is 4.88. The van der Waals surface area contributed by atoms with E-state index in [1.807, 2.05) is 20.8 Å². The third-order valence-electron chi connectivity index (χ3n) is 3.13. The number of nitrogens with zero attached hydrogens (tertiary/aromatic N) is 3. The lowest BCUT2D eigenvalue weighted by Crippen LogP contribution is -2.44. The molecule has 0 unspecified atom stereocenters. The Morgan fingerprint density at radius 1 is 1.33 bits per heavy atom. The number of rotatable bonds is 2. The maximum Gasteiger partial charge on any atom is 0.410 e. The Labute approximate surface area is 129 Å². The average Bonchev–Trinajstić information content (AvgIpc) is 2.40. The molecule has 1 fully saturated rings. The second kappa shape index (κ2) is 6.47. The van der Waals surface area contributed by atoms with Crippen LogP contribution in [0.2, 0.25) is 5.15 Å². The second-order valence-electron chi connectivity index (χ2n) is 6.13. The Balaban J connectivity index is 1.80. The van der Waals surface area contributed by atoms with E-state index in [2.05, 4.69) is 15.5 Å². The minimum Gasteiger partial charge on any atom is -0.444 e. The van der Waals surface area contributed by atoms with Crippen LogP contribution in [-0.2, 0) is 4.74 Å². The van der Waals surface area contributed by atoms with Crippen molar-refractivity contribution < 1.29 is 9.53 Å². The highest BCUT2D eigenvalue weighted by Gasteiger charge is 2.26. The van der Waals surface area contributed by atoms with Crippen LogP contribution in [0, 0.1) is 0 Å². The first-order chi connectivity index (χ1) is 9.83. The zero-order chi connectivity index (χ0) is 15.5. The highest BCUT2D eigenvalue weighted by atomic mass is 35.5. The molecule has 1 aromatic heterocycles. The number of carbonyl (C=O) groups is 1. The Morgan fingerprint density at radius 2 is 2.00 bits per heavy atom. The van der Waals surface area contributed by atoms with Crippen LogP contribution in [0.4, 0.5) is 10.6 Å². The molecule has 1 amide bonds. The molecule has 0 aromatic carbocycles. The van der Waals surface area contributed by atoms with Gasteiger partial charge in [0, 0.05) is 19.1 Å². The first kappa shape index (κ1) is 15.8. The number of carbonyl (C=O) groups excluding carboxylic acids is 1. The molecule has 116 valence electrons. The largest absolute Gasteiger partial charge is 0.444 e. The number of halogens is 1. The molecule has 1 saturated heterocycles. The van der Waals surface area contributed by atoms with Gasteiger partial charge in [-0.3, -0.25) is 0 Å². The van der Waals surface area contributed by atoms with Crippen LogP contribution in [0.5, 0.6) is 0 Å². The molecule has 0 saturated carbocycles. The minimum atomic E-state index is -0.453. The van der Waals surface area contributed by atoms with Crippen molar-refractivity contribution in [1.82, 2.24) is 15.1 Å². The van der Waals surface area contributed by atoms with Gasteiger partial charge in [-0.05, 0) is 45.7 Å². The van der Waals surface area contributed by atoms with Gasteiger partial charge in [0.05, 0.1) is 0 Å². The number of nitrogens with one attached hydrogen (secondary N) is 1. The van der Waals surface area contributed by atoms with Crippen LogP contribution in [0.15, 0.2) is 12.1 Å². The van der Waals surface area contributed by atoms with E-state index < -0.39 is 5.60 Å². The second-order valence-corrected chi connectivity index (χ2v) is 6.51. The fraction of sp³-hybridized carbons (Fsp3) is 0.643. The zero-order valence-electron chi connectivity index (χ0n) is 12.6. The topological polar surface area (TPSA) is 67.3 Å². The molecule has 1 aromatic rings. The molecule has 1 N–H and O–H groups in total. The van der Waals surface area contributed by atoms with Crippen molar-refractivity contribution in [2.75, 3.05) is 18.4 Å². The summed E-state index contributed by atoms with van der Waals surface area (Å²) in [5.41, 5.74) is -0.453. The summed E-state index contributed by atoms with van der Waals surface area (Å²) in [5, 5.41) is 11.5. The SMILES string of the molecule is CC(C)(C)OC(=O)N1CCC(Nc2ccc(Cl)nn2)CC1. The molecule has 0 radical (unpaired) electrons. The van der Waals surface area contributed by atoms with E-state index in [-0.39, 0.29) is 12.1 Å². The Morgan fingerprint density at radius 3 is 2.52 bits per heavy atom. The van der Waals surface area contributed by atoms with Crippen LogP contribution in [0.1, 0.15) is 33.6 Å². The van der Waals surface area contributed by atoms with Gasteiger partial charge >= 0.3 is 6.09 Å². The van der Waals surface area contributed by atoms with E-state index in [4.69, 9.17) is 16.3 Å². The van der Waals surface area contributed by atoms with E-state index in [1.54, 1.807) is 17.0 Å². The standard InChI is InChI=1S/C14H21ClN4O2/c1-14(2,3)21-13(20)19-8-6-10(7-9-19)16-12-5-4-11(15)17-18-12/h4-5,10H,6-9H2,1-3H3,(H,16,18). The van der Waals surface area contributed by atoms with Crippen molar-refractivity contribution in [1.29, 1.82) is 0 Å². The smallest absolute Gasteiger partial charge is 0.410 e. The molecular weight excluding hydrogens is 292 g/mol. The van der Waals surface area contributed by atoms with Crippen LogP contribution >= 0.6 is 11.6 Å². The summed E-state index contributed by atoms with van der Waals surface area (Å²) in [7, 11) is 0. The van der Waals surface area contributed by atoms with E-state index >= 15 is 0 Å². The van der Waals surface area contributed by atoms with Gasteiger partial charge in [-0.1, -0.05) is 11.6 Å². The molecule has 1 aliphatic heterocycles. The number of likely N-dealkylation sites (tertiary alicyclic amines) is 1. The van der Waals surface area contributed by atoms with E-state index in [1.165, 1.54) is 0 Å². The number of ether oxygens (including phenoxy) is 1. The van der Waals surface area contributed by atoms with Crippen LogP contribution < -0.4 is 5.32 Å². The first-order valence-electron chi connectivity index (χ1n) is 7.07. The predicted octanol–water partition coefficient (Wildman–Crippen LogP) is 2.94. The van der Waals surface area contributed by atoms with Crippen molar-refractivity contribution >= 4 is 23.5 Å². The maximum absolute atomic E-state index is 12.0. The molecule has 2 rings (SSSR count). The number of hydrogen-bond donors (Lipinski definition) is 1. The van der Waals surface area contributed by atoms with E-state index in [0.29, 0.717) is 24.1 Å². The summed E-state index contributed by atoms with van der Waals surface area (Å²) >= 11 is 5.70. The summed E-state index contributed by atoms with van der Waals surface area (Å²) in [4.78, 5) is 13.7. The fourth-order valence-electron chi connectivity index (χ4n) is 2.13. The van der Waals surface area contributed by atoms with Gasteiger partial charge in [0.1, 0.15) is 11.4 Å².